The molecule has 170 valence electrons. The van der Waals surface area contributed by atoms with Crippen molar-refractivity contribution >= 4 is 27.0 Å². The van der Waals surface area contributed by atoms with Crippen LogP contribution in [0.3, 0.4) is 0 Å². The van der Waals surface area contributed by atoms with E-state index < -0.39 is 10.0 Å². The van der Waals surface area contributed by atoms with Crippen molar-refractivity contribution in [2.24, 2.45) is 5.92 Å². The molecule has 3 heterocycles. The first-order valence-corrected chi connectivity index (χ1v) is 12.8. The lowest BCUT2D eigenvalue weighted by atomic mass is 10.00. The third-order valence-electron chi connectivity index (χ3n) is 6.40. The normalized spacial score (nSPS) is 21.7. The van der Waals surface area contributed by atoms with Gasteiger partial charge in [0.2, 0.25) is 15.9 Å². The Morgan fingerprint density at radius 2 is 1.90 bits per heavy atom. The van der Waals surface area contributed by atoms with E-state index in [4.69, 9.17) is 4.98 Å². The zero-order chi connectivity index (χ0) is 22.2. The summed E-state index contributed by atoms with van der Waals surface area (Å²) >= 11 is 0. The van der Waals surface area contributed by atoms with Crippen LogP contribution in [0, 0.1) is 5.92 Å². The molecule has 9 heteroatoms. The zero-order valence-electron chi connectivity index (χ0n) is 18.7. The molecule has 2 fully saturated rings. The summed E-state index contributed by atoms with van der Waals surface area (Å²) in [6.07, 6.45) is 2.91. The van der Waals surface area contributed by atoms with Gasteiger partial charge in [-0.25, -0.2) is 13.4 Å². The highest BCUT2D eigenvalue weighted by atomic mass is 32.2. The summed E-state index contributed by atoms with van der Waals surface area (Å²) in [5.74, 6) is 1.13. The maximum absolute atomic E-state index is 13.1. The summed E-state index contributed by atoms with van der Waals surface area (Å²) in [7, 11) is -3.50. The molecule has 0 spiro atoms. The maximum Gasteiger partial charge on any atom is 0.243 e. The lowest BCUT2D eigenvalue weighted by Gasteiger charge is -2.37. The predicted octanol–water partition coefficient (Wildman–Crippen LogP) is 2.19. The number of imidazole rings is 1. The molecule has 1 N–H and O–H groups in total. The van der Waals surface area contributed by atoms with Crippen molar-refractivity contribution in [2.45, 2.75) is 64.1 Å². The van der Waals surface area contributed by atoms with E-state index in [1.54, 1.807) is 16.4 Å². The number of fused-ring (bicyclic) bond motifs is 1. The highest BCUT2D eigenvalue weighted by Crippen LogP contribution is 2.26. The van der Waals surface area contributed by atoms with E-state index in [0.717, 1.165) is 43.7 Å². The minimum Gasteiger partial charge on any atom is -0.353 e. The monoisotopic (exact) mass is 447 g/mol. The molecule has 31 heavy (non-hydrogen) atoms. The van der Waals surface area contributed by atoms with Gasteiger partial charge >= 0.3 is 0 Å². The first-order valence-electron chi connectivity index (χ1n) is 11.3. The van der Waals surface area contributed by atoms with E-state index in [0.29, 0.717) is 36.6 Å². The average molecular weight is 448 g/mol. The molecule has 2 aliphatic rings. The molecule has 0 saturated carbocycles. The number of carbonyl (C=O) groups is 1. The second-order valence-electron chi connectivity index (χ2n) is 8.84. The fourth-order valence-corrected chi connectivity index (χ4v) is 6.40. The predicted molar refractivity (Wildman–Crippen MR) is 120 cm³/mol. The molecule has 2 aliphatic heterocycles. The number of benzene rings is 1. The number of hydrogen-bond donors (Lipinski definition) is 1. The Morgan fingerprint density at radius 1 is 1.16 bits per heavy atom. The number of rotatable bonds is 6. The lowest BCUT2D eigenvalue weighted by molar-refractivity contribution is -0.131. The van der Waals surface area contributed by atoms with Crippen LogP contribution in [-0.4, -0.2) is 65.3 Å². The van der Waals surface area contributed by atoms with Gasteiger partial charge in [0.05, 0.1) is 28.5 Å². The topological polar surface area (TPSA) is 87.5 Å². The summed E-state index contributed by atoms with van der Waals surface area (Å²) < 4.78 is 29.9. The Bertz CT molecular complexity index is 1060. The van der Waals surface area contributed by atoms with E-state index in [9.17, 15) is 13.2 Å². The number of nitrogens with zero attached hydrogens (tertiary/aromatic N) is 4. The molecular weight excluding hydrogens is 414 g/mol. The van der Waals surface area contributed by atoms with Gasteiger partial charge in [0, 0.05) is 32.7 Å². The smallest absolute Gasteiger partial charge is 0.243 e. The number of sulfonamides is 1. The number of nitrogens with one attached hydrogen (secondary N) is 1. The van der Waals surface area contributed by atoms with Crippen LogP contribution in [0.5, 0.6) is 0 Å². The highest BCUT2D eigenvalue weighted by Gasteiger charge is 2.33. The van der Waals surface area contributed by atoms with Gasteiger partial charge in [-0.2, -0.15) is 4.31 Å². The van der Waals surface area contributed by atoms with Crippen LogP contribution >= 0.6 is 0 Å². The maximum atomic E-state index is 13.1. The molecule has 0 aliphatic carbocycles. The van der Waals surface area contributed by atoms with E-state index in [1.165, 1.54) is 0 Å². The van der Waals surface area contributed by atoms with Crippen LogP contribution in [-0.2, 0) is 27.9 Å². The van der Waals surface area contributed by atoms with Crippen LogP contribution in [0.4, 0.5) is 0 Å². The Labute approximate surface area is 184 Å². The zero-order valence-corrected chi connectivity index (χ0v) is 19.5. The van der Waals surface area contributed by atoms with Crippen molar-refractivity contribution in [1.29, 1.82) is 0 Å². The van der Waals surface area contributed by atoms with Gasteiger partial charge < -0.3 is 9.88 Å². The minimum absolute atomic E-state index is 0.0651. The summed E-state index contributed by atoms with van der Waals surface area (Å²) in [5.41, 5.74) is 1.62. The van der Waals surface area contributed by atoms with Crippen molar-refractivity contribution in [3.8, 4) is 0 Å². The van der Waals surface area contributed by atoms with Crippen molar-refractivity contribution in [1.82, 2.24) is 24.1 Å². The summed E-state index contributed by atoms with van der Waals surface area (Å²) in [6, 6.07) is 5.09. The SMILES string of the molecule is CCn1c(CN2CCNC(=O)C2C(C)C)nc2cc(S(=O)(=O)N3CCCCC3)ccc21. The fourth-order valence-electron chi connectivity index (χ4n) is 4.86. The van der Waals surface area contributed by atoms with Gasteiger partial charge in [-0.05, 0) is 43.9 Å². The van der Waals surface area contributed by atoms with Crippen molar-refractivity contribution in [3.63, 3.8) is 0 Å². The molecule has 8 nitrogen and oxygen atoms in total. The minimum atomic E-state index is -3.50. The molecule has 1 aromatic heterocycles. The molecule has 1 aromatic carbocycles. The third-order valence-corrected chi connectivity index (χ3v) is 8.30. The number of piperidine rings is 1. The number of aryl methyl sites for hydroxylation is 1. The van der Waals surface area contributed by atoms with Gasteiger partial charge in [-0.15, -0.1) is 0 Å². The standard InChI is InChI=1S/C22H33N5O3S/c1-4-27-19-9-8-17(31(29,30)26-11-6-5-7-12-26)14-18(19)24-20(27)15-25-13-10-23-22(28)21(25)16(2)3/h8-9,14,16,21H,4-7,10-13,15H2,1-3H3,(H,23,28). The molecule has 4 rings (SSSR count). The van der Waals surface area contributed by atoms with Gasteiger partial charge in [-0.1, -0.05) is 20.3 Å². The van der Waals surface area contributed by atoms with E-state index >= 15 is 0 Å². The van der Waals surface area contributed by atoms with Gasteiger partial charge in [0.25, 0.3) is 0 Å². The van der Waals surface area contributed by atoms with Crippen LogP contribution in [0.1, 0.15) is 45.9 Å². The first kappa shape index (κ1) is 22.2. The van der Waals surface area contributed by atoms with Gasteiger partial charge in [0.15, 0.2) is 0 Å². The molecule has 0 radical (unpaired) electrons. The number of amides is 1. The van der Waals surface area contributed by atoms with E-state index in [1.807, 2.05) is 6.07 Å². The average Bonchev–Trinajstić information content (AvgIpc) is 3.10. The van der Waals surface area contributed by atoms with Crippen molar-refractivity contribution in [2.75, 3.05) is 26.2 Å². The quantitative estimate of drug-likeness (QED) is 0.733. The van der Waals surface area contributed by atoms with Crippen LogP contribution in [0.2, 0.25) is 0 Å². The number of piperazine rings is 1. The molecule has 2 saturated heterocycles. The van der Waals surface area contributed by atoms with Crippen molar-refractivity contribution < 1.29 is 13.2 Å². The third kappa shape index (κ3) is 4.23. The summed E-state index contributed by atoms with van der Waals surface area (Å²) in [4.78, 5) is 19.7. The second kappa shape index (κ2) is 8.88. The fraction of sp³-hybridized carbons (Fsp3) is 0.636. The Hall–Kier alpha value is -1.97. The largest absolute Gasteiger partial charge is 0.353 e. The van der Waals surface area contributed by atoms with E-state index in [-0.39, 0.29) is 17.9 Å². The molecule has 2 aromatic rings. The summed E-state index contributed by atoms with van der Waals surface area (Å²) in [5, 5.41) is 2.96. The molecule has 1 unspecified atom stereocenters. The Kier molecular flexibility index (Phi) is 6.37. The van der Waals surface area contributed by atoms with Crippen LogP contribution in [0.25, 0.3) is 11.0 Å². The number of aromatic nitrogens is 2. The Morgan fingerprint density at radius 3 is 2.58 bits per heavy atom. The lowest BCUT2D eigenvalue weighted by Crippen LogP contribution is -2.57. The van der Waals surface area contributed by atoms with Gasteiger partial charge in [-0.3, -0.25) is 9.69 Å². The van der Waals surface area contributed by atoms with Crippen molar-refractivity contribution in [3.05, 3.63) is 24.0 Å². The van der Waals surface area contributed by atoms with E-state index in [2.05, 4.69) is 35.6 Å². The second-order valence-corrected chi connectivity index (χ2v) is 10.8. The first-order chi connectivity index (χ1) is 14.8. The summed E-state index contributed by atoms with van der Waals surface area (Å²) in [6.45, 7) is 10.1. The molecule has 0 bridgehead atoms. The number of hydrogen-bond acceptors (Lipinski definition) is 5. The number of carbonyl (C=O) groups excluding carboxylic acids is 1. The van der Waals surface area contributed by atoms with Crippen LogP contribution < -0.4 is 5.32 Å². The van der Waals surface area contributed by atoms with Crippen LogP contribution in [0.15, 0.2) is 23.1 Å². The molecular formula is C22H33N5O3S. The Balaban J connectivity index is 1.67. The molecule has 1 amide bonds. The molecule has 1 atom stereocenters. The highest BCUT2D eigenvalue weighted by molar-refractivity contribution is 7.89. The van der Waals surface area contributed by atoms with Gasteiger partial charge in [0.1, 0.15) is 5.82 Å².